The van der Waals surface area contributed by atoms with Gasteiger partial charge in [0.25, 0.3) is 0 Å². The van der Waals surface area contributed by atoms with Crippen molar-refractivity contribution in [2.75, 3.05) is 11.9 Å². The van der Waals surface area contributed by atoms with Crippen LogP contribution in [0, 0.1) is 11.3 Å². The summed E-state index contributed by atoms with van der Waals surface area (Å²) in [6, 6.07) is 8.29. The Hall–Kier alpha value is -2.02. The van der Waals surface area contributed by atoms with Crippen molar-refractivity contribution < 1.29 is 9.90 Å². The number of anilines is 1. The number of carboxylic acid groups (broad SMARTS) is 1. The monoisotopic (exact) mass is 176 g/mol. The predicted octanol–water partition coefficient (Wildman–Crippen LogP) is 1.67. The molecule has 0 spiro atoms. The summed E-state index contributed by atoms with van der Waals surface area (Å²) in [6.07, 6.45) is -1.02. The predicted molar refractivity (Wildman–Crippen MR) is 47.6 cm³/mol. The van der Waals surface area contributed by atoms with E-state index in [1.807, 2.05) is 6.07 Å². The van der Waals surface area contributed by atoms with Crippen molar-refractivity contribution in [2.45, 2.75) is 0 Å². The van der Waals surface area contributed by atoms with Gasteiger partial charge in [-0.15, -0.1) is 0 Å². The third kappa shape index (κ3) is 1.97. The highest BCUT2D eigenvalue weighted by molar-refractivity contribution is 5.85. The number of hydrogen-bond donors (Lipinski definition) is 1. The molecule has 0 unspecified atom stereocenters. The Balaban J connectivity index is 2.93. The Kier molecular flexibility index (Phi) is 2.50. The van der Waals surface area contributed by atoms with Gasteiger partial charge < -0.3 is 5.11 Å². The molecule has 0 atom stereocenters. The van der Waals surface area contributed by atoms with Crippen LogP contribution in [0.2, 0.25) is 0 Å². The fraction of sp³-hybridized carbons (Fsp3) is 0.111. The average Bonchev–Trinajstić information content (AvgIpc) is 2.17. The molecule has 0 aliphatic heterocycles. The molecule has 0 aliphatic rings. The third-order valence-corrected chi connectivity index (χ3v) is 1.67. The van der Waals surface area contributed by atoms with Crippen molar-refractivity contribution in [3.8, 4) is 6.07 Å². The molecule has 0 radical (unpaired) electrons. The van der Waals surface area contributed by atoms with Gasteiger partial charge in [0.2, 0.25) is 0 Å². The first kappa shape index (κ1) is 9.07. The molecule has 0 heterocycles. The van der Waals surface area contributed by atoms with E-state index in [-0.39, 0.29) is 0 Å². The number of hydrogen-bond acceptors (Lipinski definition) is 2. The minimum absolute atomic E-state index is 0.516. The number of nitrogens with zero attached hydrogens (tertiary/aromatic N) is 2. The second kappa shape index (κ2) is 3.59. The SMILES string of the molecule is CN(C(=O)O)c1ccc(C#N)cc1. The lowest BCUT2D eigenvalue weighted by atomic mass is 10.2. The molecule has 1 aromatic rings. The van der Waals surface area contributed by atoms with E-state index in [9.17, 15) is 4.79 Å². The molecule has 4 heteroatoms. The summed E-state index contributed by atoms with van der Waals surface area (Å²) >= 11 is 0. The van der Waals surface area contributed by atoms with Crippen LogP contribution in [0.1, 0.15) is 5.56 Å². The number of rotatable bonds is 1. The van der Waals surface area contributed by atoms with Gasteiger partial charge in [-0.25, -0.2) is 4.79 Å². The molecule has 4 nitrogen and oxygen atoms in total. The Labute approximate surface area is 75.6 Å². The van der Waals surface area contributed by atoms with E-state index in [4.69, 9.17) is 10.4 Å². The van der Waals surface area contributed by atoms with E-state index in [0.29, 0.717) is 11.3 Å². The highest BCUT2D eigenvalue weighted by Gasteiger charge is 2.06. The maximum absolute atomic E-state index is 10.5. The lowest BCUT2D eigenvalue weighted by Crippen LogP contribution is -2.23. The van der Waals surface area contributed by atoms with Crippen molar-refractivity contribution in [1.29, 1.82) is 5.26 Å². The second-order valence-corrected chi connectivity index (χ2v) is 2.50. The van der Waals surface area contributed by atoms with Gasteiger partial charge >= 0.3 is 6.09 Å². The average molecular weight is 176 g/mol. The summed E-state index contributed by atoms with van der Waals surface area (Å²) in [7, 11) is 1.45. The van der Waals surface area contributed by atoms with Crippen molar-refractivity contribution in [3.05, 3.63) is 29.8 Å². The van der Waals surface area contributed by atoms with E-state index in [0.717, 1.165) is 4.90 Å². The summed E-state index contributed by atoms with van der Waals surface area (Å²) in [5.41, 5.74) is 1.06. The van der Waals surface area contributed by atoms with E-state index in [2.05, 4.69) is 0 Å². The molecule has 1 N–H and O–H groups in total. The minimum Gasteiger partial charge on any atom is -0.465 e. The normalized spacial score (nSPS) is 8.92. The largest absolute Gasteiger partial charge is 0.465 e. The van der Waals surface area contributed by atoms with Crippen molar-refractivity contribution in [1.82, 2.24) is 0 Å². The Morgan fingerprint density at radius 1 is 1.46 bits per heavy atom. The van der Waals surface area contributed by atoms with E-state index in [1.54, 1.807) is 24.3 Å². The zero-order valence-corrected chi connectivity index (χ0v) is 7.06. The summed E-state index contributed by atoms with van der Waals surface area (Å²) < 4.78 is 0. The molecule has 66 valence electrons. The van der Waals surface area contributed by atoms with Crippen LogP contribution < -0.4 is 4.90 Å². The summed E-state index contributed by atoms with van der Waals surface area (Å²) in [5.74, 6) is 0. The molecule has 0 saturated carbocycles. The van der Waals surface area contributed by atoms with Gasteiger partial charge in [0.05, 0.1) is 11.6 Å². The second-order valence-electron chi connectivity index (χ2n) is 2.50. The van der Waals surface area contributed by atoms with Gasteiger partial charge in [-0.05, 0) is 24.3 Å². The smallest absolute Gasteiger partial charge is 0.411 e. The van der Waals surface area contributed by atoms with Crippen LogP contribution in [0.15, 0.2) is 24.3 Å². The van der Waals surface area contributed by atoms with Crippen molar-refractivity contribution in [2.24, 2.45) is 0 Å². The van der Waals surface area contributed by atoms with Crippen LogP contribution in [0.3, 0.4) is 0 Å². The van der Waals surface area contributed by atoms with E-state index < -0.39 is 6.09 Å². The van der Waals surface area contributed by atoms with Gasteiger partial charge in [-0.1, -0.05) is 0 Å². The summed E-state index contributed by atoms with van der Waals surface area (Å²) in [5, 5.41) is 17.1. The third-order valence-electron chi connectivity index (χ3n) is 1.67. The molecule has 0 fully saturated rings. The zero-order valence-electron chi connectivity index (χ0n) is 7.06. The molecule has 1 amide bonds. The first-order valence-corrected chi connectivity index (χ1v) is 3.62. The fourth-order valence-corrected chi connectivity index (χ4v) is 0.870. The molecule has 13 heavy (non-hydrogen) atoms. The van der Waals surface area contributed by atoms with Crippen LogP contribution in [-0.4, -0.2) is 18.2 Å². The van der Waals surface area contributed by atoms with Gasteiger partial charge in [-0.3, -0.25) is 4.90 Å². The maximum atomic E-state index is 10.5. The van der Waals surface area contributed by atoms with Crippen LogP contribution in [0.25, 0.3) is 0 Å². The van der Waals surface area contributed by atoms with Crippen molar-refractivity contribution >= 4 is 11.8 Å². The molecule has 0 aromatic heterocycles. The van der Waals surface area contributed by atoms with Gasteiger partial charge in [-0.2, -0.15) is 5.26 Å². The number of amides is 1. The van der Waals surface area contributed by atoms with Crippen LogP contribution in [0.5, 0.6) is 0 Å². The Morgan fingerprint density at radius 3 is 2.38 bits per heavy atom. The first-order valence-electron chi connectivity index (χ1n) is 3.62. The van der Waals surface area contributed by atoms with Gasteiger partial charge in [0, 0.05) is 12.7 Å². The highest BCUT2D eigenvalue weighted by atomic mass is 16.4. The summed E-state index contributed by atoms with van der Waals surface area (Å²) in [4.78, 5) is 11.6. The highest BCUT2D eigenvalue weighted by Crippen LogP contribution is 2.12. The lowest BCUT2D eigenvalue weighted by Gasteiger charge is -2.12. The Morgan fingerprint density at radius 2 is 2.00 bits per heavy atom. The molecular formula is C9H8N2O2. The standard InChI is InChI=1S/C9H8N2O2/c1-11(9(12)13)8-4-2-7(6-10)3-5-8/h2-5H,1H3,(H,12,13). The van der Waals surface area contributed by atoms with Crippen LogP contribution in [0.4, 0.5) is 10.5 Å². The number of nitriles is 1. The zero-order chi connectivity index (χ0) is 9.84. The maximum Gasteiger partial charge on any atom is 0.411 e. The molecule has 0 saturated heterocycles. The van der Waals surface area contributed by atoms with Gasteiger partial charge in [0.1, 0.15) is 0 Å². The van der Waals surface area contributed by atoms with Crippen molar-refractivity contribution in [3.63, 3.8) is 0 Å². The molecule has 1 aromatic carbocycles. The van der Waals surface area contributed by atoms with Crippen LogP contribution >= 0.6 is 0 Å². The Bertz CT molecular complexity index is 351. The number of benzene rings is 1. The van der Waals surface area contributed by atoms with Crippen LogP contribution in [-0.2, 0) is 0 Å². The first-order chi connectivity index (χ1) is 6.15. The molecule has 0 bridgehead atoms. The quantitative estimate of drug-likeness (QED) is 0.707. The minimum atomic E-state index is -1.02. The fourth-order valence-electron chi connectivity index (χ4n) is 0.870. The summed E-state index contributed by atoms with van der Waals surface area (Å²) in [6.45, 7) is 0. The van der Waals surface area contributed by atoms with E-state index >= 15 is 0 Å². The molecule has 1 rings (SSSR count). The van der Waals surface area contributed by atoms with Gasteiger partial charge in [0.15, 0.2) is 0 Å². The molecule has 0 aliphatic carbocycles. The number of carbonyl (C=O) groups is 1. The topological polar surface area (TPSA) is 64.3 Å². The van der Waals surface area contributed by atoms with E-state index in [1.165, 1.54) is 7.05 Å². The lowest BCUT2D eigenvalue weighted by molar-refractivity contribution is 0.203. The molecular weight excluding hydrogens is 168 g/mol.